The molecule has 2 aromatic rings. The average Bonchev–Trinajstić information content (AvgIpc) is 2.84. The SMILES string of the molecule is Cc1ccc(C(N)C(=O)N2CCC(C)N(Cc3ccccc3)CC2)cc1.Cl.Cl. The highest BCUT2D eigenvalue weighted by Gasteiger charge is 2.27. The Morgan fingerprint density at radius 2 is 1.68 bits per heavy atom. The maximum Gasteiger partial charge on any atom is 0.244 e. The second kappa shape index (κ2) is 11.4. The monoisotopic (exact) mass is 423 g/mol. The Labute approximate surface area is 180 Å². The number of benzene rings is 2. The lowest BCUT2D eigenvalue weighted by Crippen LogP contribution is -2.40. The van der Waals surface area contributed by atoms with Crippen LogP contribution in [0.15, 0.2) is 54.6 Å². The minimum Gasteiger partial charge on any atom is -0.340 e. The Hall–Kier alpha value is -1.59. The van der Waals surface area contributed by atoms with Crippen LogP contribution in [0.5, 0.6) is 0 Å². The van der Waals surface area contributed by atoms with Crippen LogP contribution in [0.25, 0.3) is 0 Å². The van der Waals surface area contributed by atoms with Gasteiger partial charge in [-0.05, 0) is 31.4 Å². The molecule has 2 aromatic carbocycles. The fourth-order valence-corrected chi connectivity index (χ4v) is 3.49. The number of nitrogens with two attached hydrogens (primary N) is 1. The summed E-state index contributed by atoms with van der Waals surface area (Å²) in [5.74, 6) is 0.0302. The van der Waals surface area contributed by atoms with Gasteiger partial charge < -0.3 is 10.6 Å². The molecule has 154 valence electrons. The molecule has 4 nitrogen and oxygen atoms in total. The second-order valence-electron chi connectivity index (χ2n) is 7.31. The predicted octanol–water partition coefficient (Wildman–Crippen LogP) is 3.96. The van der Waals surface area contributed by atoms with E-state index in [4.69, 9.17) is 5.73 Å². The van der Waals surface area contributed by atoms with Crippen LogP contribution in [0.4, 0.5) is 0 Å². The first-order chi connectivity index (χ1) is 12.5. The smallest absolute Gasteiger partial charge is 0.244 e. The molecule has 3 rings (SSSR count). The van der Waals surface area contributed by atoms with Gasteiger partial charge in [0, 0.05) is 32.2 Å². The summed E-state index contributed by atoms with van der Waals surface area (Å²) in [4.78, 5) is 17.3. The number of amides is 1. The van der Waals surface area contributed by atoms with E-state index in [1.54, 1.807) is 0 Å². The zero-order valence-electron chi connectivity index (χ0n) is 16.6. The zero-order valence-corrected chi connectivity index (χ0v) is 18.2. The van der Waals surface area contributed by atoms with Gasteiger partial charge in [0.25, 0.3) is 0 Å². The van der Waals surface area contributed by atoms with E-state index in [0.717, 1.165) is 38.2 Å². The summed E-state index contributed by atoms with van der Waals surface area (Å²) in [5, 5.41) is 0. The summed E-state index contributed by atoms with van der Waals surface area (Å²) in [6.45, 7) is 7.59. The first-order valence-corrected chi connectivity index (χ1v) is 9.43. The molecule has 1 fully saturated rings. The van der Waals surface area contributed by atoms with Gasteiger partial charge in [0.1, 0.15) is 6.04 Å². The van der Waals surface area contributed by atoms with Gasteiger partial charge in [-0.3, -0.25) is 9.69 Å². The molecule has 2 unspecified atom stereocenters. The molecule has 0 saturated carbocycles. The Balaban J connectivity index is 0.00000196. The summed E-state index contributed by atoms with van der Waals surface area (Å²) < 4.78 is 0. The maximum atomic E-state index is 12.9. The second-order valence-corrected chi connectivity index (χ2v) is 7.31. The van der Waals surface area contributed by atoms with Crippen LogP contribution in [0, 0.1) is 6.92 Å². The van der Waals surface area contributed by atoms with E-state index in [1.165, 1.54) is 11.1 Å². The van der Waals surface area contributed by atoms with Crippen LogP contribution in [-0.4, -0.2) is 41.4 Å². The molecule has 6 heteroatoms. The van der Waals surface area contributed by atoms with Crippen molar-refractivity contribution in [3.63, 3.8) is 0 Å². The highest BCUT2D eigenvalue weighted by molar-refractivity contribution is 5.85. The van der Waals surface area contributed by atoms with Crippen molar-refractivity contribution in [3.8, 4) is 0 Å². The first-order valence-electron chi connectivity index (χ1n) is 9.43. The number of carbonyl (C=O) groups is 1. The predicted molar refractivity (Wildman–Crippen MR) is 120 cm³/mol. The summed E-state index contributed by atoms with van der Waals surface area (Å²) >= 11 is 0. The average molecular weight is 424 g/mol. The summed E-state index contributed by atoms with van der Waals surface area (Å²) in [6, 6.07) is 18.3. The molecule has 2 atom stereocenters. The minimum atomic E-state index is -0.577. The van der Waals surface area contributed by atoms with Crippen LogP contribution in [0.3, 0.4) is 0 Å². The third-order valence-electron chi connectivity index (χ3n) is 5.34. The first kappa shape index (κ1) is 24.4. The van der Waals surface area contributed by atoms with Crippen molar-refractivity contribution in [2.24, 2.45) is 5.73 Å². The van der Waals surface area contributed by atoms with Gasteiger partial charge in [-0.15, -0.1) is 24.8 Å². The van der Waals surface area contributed by atoms with Gasteiger partial charge in [-0.25, -0.2) is 0 Å². The maximum absolute atomic E-state index is 12.9. The van der Waals surface area contributed by atoms with Crippen LogP contribution in [0.2, 0.25) is 0 Å². The Bertz CT molecular complexity index is 724. The molecule has 1 aliphatic heterocycles. The molecule has 1 aliphatic rings. The van der Waals surface area contributed by atoms with Gasteiger partial charge in [-0.2, -0.15) is 0 Å². The lowest BCUT2D eigenvalue weighted by molar-refractivity contribution is -0.132. The molecular formula is C22H31Cl2N3O. The third-order valence-corrected chi connectivity index (χ3v) is 5.34. The molecule has 2 N–H and O–H groups in total. The number of aryl methyl sites for hydroxylation is 1. The van der Waals surface area contributed by atoms with Crippen molar-refractivity contribution in [2.75, 3.05) is 19.6 Å². The van der Waals surface area contributed by atoms with E-state index in [1.807, 2.05) is 42.2 Å². The van der Waals surface area contributed by atoms with Crippen LogP contribution in [0.1, 0.15) is 36.1 Å². The Kier molecular flexibility index (Phi) is 9.97. The van der Waals surface area contributed by atoms with Gasteiger partial charge in [0.2, 0.25) is 5.91 Å². The number of halogens is 2. The summed E-state index contributed by atoms with van der Waals surface area (Å²) in [5.41, 5.74) is 9.64. The van der Waals surface area contributed by atoms with E-state index in [9.17, 15) is 4.79 Å². The fourth-order valence-electron chi connectivity index (χ4n) is 3.49. The van der Waals surface area contributed by atoms with Gasteiger partial charge in [-0.1, -0.05) is 60.2 Å². The van der Waals surface area contributed by atoms with Gasteiger partial charge in [0.05, 0.1) is 0 Å². The quantitative estimate of drug-likeness (QED) is 0.809. The van der Waals surface area contributed by atoms with Crippen molar-refractivity contribution in [3.05, 3.63) is 71.3 Å². The number of hydrogen-bond acceptors (Lipinski definition) is 3. The minimum absolute atomic E-state index is 0. The molecule has 1 saturated heterocycles. The molecule has 1 amide bonds. The van der Waals surface area contributed by atoms with Crippen LogP contribution < -0.4 is 5.73 Å². The van der Waals surface area contributed by atoms with E-state index in [0.29, 0.717) is 6.04 Å². The molecule has 0 aliphatic carbocycles. The van der Waals surface area contributed by atoms with Gasteiger partial charge in [0.15, 0.2) is 0 Å². The van der Waals surface area contributed by atoms with E-state index in [2.05, 4.69) is 36.1 Å². The fraction of sp³-hybridized carbons (Fsp3) is 0.409. The molecule has 28 heavy (non-hydrogen) atoms. The van der Waals surface area contributed by atoms with Gasteiger partial charge >= 0.3 is 0 Å². The van der Waals surface area contributed by atoms with Crippen molar-refractivity contribution < 1.29 is 4.79 Å². The topological polar surface area (TPSA) is 49.6 Å². The van der Waals surface area contributed by atoms with E-state index >= 15 is 0 Å². The molecule has 0 aromatic heterocycles. The normalized spacial score (nSPS) is 18.4. The molecule has 1 heterocycles. The molecule has 0 spiro atoms. The molecule has 0 bridgehead atoms. The van der Waals surface area contributed by atoms with Crippen molar-refractivity contribution in [2.45, 2.75) is 38.9 Å². The number of hydrogen-bond donors (Lipinski definition) is 1. The van der Waals surface area contributed by atoms with E-state index in [-0.39, 0.29) is 30.7 Å². The lowest BCUT2D eigenvalue weighted by atomic mass is 10.0. The molecular weight excluding hydrogens is 393 g/mol. The van der Waals surface area contributed by atoms with Crippen LogP contribution >= 0.6 is 24.8 Å². The zero-order chi connectivity index (χ0) is 18.5. The van der Waals surface area contributed by atoms with Crippen molar-refractivity contribution >= 4 is 30.7 Å². The largest absolute Gasteiger partial charge is 0.340 e. The Morgan fingerprint density at radius 1 is 1.04 bits per heavy atom. The van der Waals surface area contributed by atoms with Crippen molar-refractivity contribution in [1.29, 1.82) is 0 Å². The number of carbonyl (C=O) groups excluding carboxylic acids is 1. The number of rotatable bonds is 4. The Morgan fingerprint density at radius 3 is 2.32 bits per heavy atom. The third kappa shape index (κ3) is 6.21. The summed E-state index contributed by atoms with van der Waals surface area (Å²) in [7, 11) is 0. The van der Waals surface area contributed by atoms with Crippen molar-refractivity contribution in [1.82, 2.24) is 9.80 Å². The molecule has 0 radical (unpaired) electrons. The summed E-state index contributed by atoms with van der Waals surface area (Å²) in [6.07, 6.45) is 0.971. The highest BCUT2D eigenvalue weighted by atomic mass is 35.5. The standard InChI is InChI=1S/C22H29N3O.2ClH/c1-17-8-10-20(11-9-17)21(23)22(26)24-13-12-18(2)25(15-14-24)16-19-6-4-3-5-7-19;;/h3-11,18,21H,12-16,23H2,1-2H3;2*1H. The highest BCUT2D eigenvalue weighted by Crippen LogP contribution is 2.19. The van der Waals surface area contributed by atoms with E-state index < -0.39 is 6.04 Å². The van der Waals surface area contributed by atoms with Crippen LogP contribution in [-0.2, 0) is 11.3 Å². The number of nitrogens with zero attached hydrogens (tertiary/aromatic N) is 2. The lowest BCUT2D eigenvalue weighted by Gasteiger charge is -2.26.